The van der Waals surface area contributed by atoms with Crippen LogP contribution in [0, 0.1) is 0 Å². The Morgan fingerprint density at radius 3 is 3.31 bits per heavy atom. The monoisotopic (exact) mass is 234 g/mol. The summed E-state index contributed by atoms with van der Waals surface area (Å²) in [6.45, 7) is 3.33. The van der Waals surface area contributed by atoms with Gasteiger partial charge in [0.2, 0.25) is 0 Å². The minimum Gasteiger partial charge on any atom is -0.298 e. The Morgan fingerprint density at radius 2 is 2.56 bits per heavy atom. The number of likely N-dealkylation sites (tertiary alicyclic amines) is 1. The number of thiazole rings is 1. The van der Waals surface area contributed by atoms with Crippen LogP contribution in [0.15, 0.2) is 24.0 Å². The number of hydrogen-bond acceptors (Lipinski definition) is 4. The molecule has 0 amide bonds. The molecule has 0 bridgehead atoms. The van der Waals surface area contributed by atoms with Crippen molar-refractivity contribution >= 4 is 11.3 Å². The van der Waals surface area contributed by atoms with E-state index in [2.05, 4.69) is 26.1 Å². The van der Waals surface area contributed by atoms with E-state index in [4.69, 9.17) is 0 Å². The van der Waals surface area contributed by atoms with E-state index < -0.39 is 0 Å². The van der Waals surface area contributed by atoms with Crippen LogP contribution in [0.3, 0.4) is 0 Å². The highest BCUT2D eigenvalue weighted by atomic mass is 32.1. The smallest absolute Gasteiger partial charge is 0.0794 e. The molecule has 0 spiro atoms. The zero-order valence-electron chi connectivity index (χ0n) is 8.97. The lowest BCUT2D eigenvalue weighted by molar-refractivity contribution is 0.329. The molecule has 0 aliphatic carbocycles. The maximum atomic E-state index is 4.11. The van der Waals surface area contributed by atoms with Crippen molar-refractivity contribution in [3.05, 3.63) is 34.5 Å². The predicted octanol–water partition coefficient (Wildman–Crippen LogP) is 1.86. The average Bonchev–Trinajstić information content (AvgIpc) is 2.99. The highest BCUT2D eigenvalue weighted by molar-refractivity contribution is 7.09. The van der Waals surface area contributed by atoms with Crippen LogP contribution in [-0.2, 0) is 6.54 Å². The lowest BCUT2D eigenvalue weighted by atomic mass is 10.1. The SMILES string of the molecule is c1cc([C@@H]2CCN(Cc3cncs3)C2)[nH]n1. The fourth-order valence-corrected chi connectivity index (χ4v) is 2.90. The molecule has 0 saturated carbocycles. The Kier molecular flexibility index (Phi) is 2.71. The molecule has 0 radical (unpaired) electrons. The van der Waals surface area contributed by atoms with Crippen LogP contribution in [-0.4, -0.2) is 33.2 Å². The molecule has 0 unspecified atom stereocenters. The second-order valence-corrected chi connectivity index (χ2v) is 5.17. The Bertz CT molecular complexity index is 423. The van der Waals surface area contributed by atoms with E-state index in [1.54, 1.807) is 11.3 Å². The third-order valence-corrected chi connectivity index (χ3v) is 3.86. The Hall–Kier alpha value is -1.20. The molecule has 1 N–H and O–H groups in total. The maximum absolute atomic E-state index is 4.11. The van der Waals surface area contributed by atoms with Crippen LogP contribution in [0.5, 0.6) is 0 Å². The van der Waals surface area contributed by atoms with Crippen molar-refractivity contribution in [1.82, 2.24) is 20.1 Å². The van der Waals surface area contributed by atoms with Gasteiger partial charge in [0.1, 0.15) is 0 Å². The van der Waals surface area contributed by atoms with Gasteiger partial charge in [-0.25, -0.2) is 0 Å². The van der Waals surface area contributed by atoms with Gasteiger partial charge < -0.3 is 0 Å². The molecule has 2 aromatic heterocycles. The first kappa shape index (κ1) is 9.99. The molecule has 1 aliphatic rings. The van der Waals surface area contributed by atoms with E-state index in [0.717, 1.165) is 13.1 Å². The van der Waals surface area contributed by atoms with E-state index in [-0.39, 0.29) is 0 Å². The fraction of sp³-hybridized carbons (Fsp3) is 0.455. The van der Waals surface area contributed by atoms with Crippen LogP contribution in [0.2, 0.25) is 0 Å². The van der Waals surface area contributed by atoms with Crippen LogP contribution in [0.1, 0.15) is 22.9 Å². The quantitative estimate of drug-likeness (QED) is 0.881. The van der Waals surface area contributed by atoms with Crippen molar-refractivity contribution in [2.45, 2.75) is 18.9 Å². The number of aromatic nitrogens is 3. The molecular formula is C11H14N4S. The second kappa shape index (κ2) is 4.35. The Morgan fingerprint density at radius 1 is 1.56 bits per heavy atom. The molecular weight excluding hydrogens is 220 g/mol. The molecule has 16 heavy (non-hydrogen) atoms. The summed E-state index contributed by atoms with van der Waals surface area (Å²) in [5.74, 6) is 0.621. The van der Waals surface area contributed by atoms with Crippen molar-refractivity contribution < 1.29 is 0 Å². The van der Waals surface area contributed by atoms with Crippen molar-refractivity contribution in [3.8, 4) is 0 Å². The summed E-state index contributed by atoms with van der Waals surface area (Å²) < 4.78 is 0. The molecule has 1 saturated heterocycles. The first-order valence-corrected chi connectivity index (χ1v) is 6.39. The topological polar surface area (TPSA) is 44.8 Å². The van der Waals surface area contributed by atoms with Crippen LogP contribution in [0.25, 0.3) is 0 Å². The minimum absolute atomic E-state index is 0.621. The van der Waals surface area contributed by atoms with Gasteiger partial charge in [-0.15, -0.1) is 11.3 Å². The largest absolute Gasteiger partial charge is 0.298 e. The molecule has 1 aliphatic heterocycles. The molecule has 2 aromatic rings. The zero-order valence-corrected chi connectivity index (χ0v) is 9.78. The van der Waals surface area contributed by atoms with Crippen molar-refractivity contribution in [2.75, 3.05) is 13.1 Å². The number of nitrogens with one attached hydrogen (secondary N) is 1. The molecule has 0 aromatic carbocycles. The summed E-state index contributed by atoms with van der Waals surface area (Å²) in [6.07, 6.45) is 5.02. The summed E-state index contributed by atoms with van der Waals surface area (Å²) in [6, 6.07) is 2.08. The van der Waals surface area contributed by atoms with Gasteiger partial charge in [0.25, 0.3) is 0 Å². The fourth-order valence-electron chi connectivity index (χ4n) is 2.26. The Labute approximate surface area is 98.3 Å². The van der Waals surface area contributed by atoms with Gasteiger partial charge in [-0.2, -0.15) is 5.10 Å². The van der Waals surface area contributed by atoms with Crippen LogP contribution in [0.4, 0.5) is 0 Å². The maximum Gasteiger partial charge on any atom is 0.0794 e. The number of aromatic amines is 1. The third-order valence-electron chi connectivity index (χ3n) is 3.10. The molecule has 84 valence electrons. The molecule has 5 heteroatoms. The van der Waals surface area contributed by atoms with Gasteiger partial charge in [-0.3, -0.25) is 15.0 Å². The second-order valence-electron chi connectivity index (χ2n) is 4.20. The van der Waals surface area contributed by atoms with E-state index in [1.807, 2.05) is 17.9 Å². The number of nitrogens with zero attached hydrogens (tertiary/aromatic N) is 3. The zero-order chi connectivity index (χ0) is 10.8. The van der Waals surface area contributed by atoms with Crippen molar-refractivity contribution in [2.24, 2.45) is 0 Å². The molecule has 3 rings (SSSR count). The standard InChI is InChI=1S/C11H14N4S/c1-3-13-14-11(1)9-2-4-15(6-9)7-10-5-12-8-16-10/h1,3,5,8-9H,2,4,6-7H2,(H,13,14)/t9-/m1/s1. The third kappa shape index (κ3) is 2.01. The summed E-state index contributed by atoms with van der Waals surface area (Å²) >= 11 is 1.74. The predicted molar refractivity (Wildman–Crippen MR) is 63.3 cm³/mol. The summed E-state index contributed by atoms with van der Waals surface area (Å²) in [5, 5.41) is 7.09. The minimum atomic E-state index is 0.621. The first-order valence-electron chi connectivity index (χ1n) is 5.51. The Balaban J connectivity index is 1.61. The van der Waals surface area contributed by atoms with Crippen LogP contribution >= 0.6 is 11.3 Å². The molecule has 1 atom stereocenters. The van der Waals surface area contributed by atoms with E-state index in [9.17, 15) is 0 Å². The summed E-state index contributed by atoms with van der Waals surface area (Å²) in [5.41, 5.74) is 3.17. The number of rotatable bonds is 3. The lowest BCUT2D eigenvalue weighted by Crippen LogP contribution is -2.19. The molecule has 3 heterocycles. The van der Waals surface area contributed by atoms with Gasteiger partial charge >= 0.3 is 0 Å². The van der Waals surface area contributed by atoms with E-state index in [0.29, 0.717) is 5.92 Å². The molecule has 1 fully saturated rings. The van der Waals surface area contributed by atoms with Gasteiger partial charge in [-0.05, 0) is 19.0 Å². The van der Waals surface area contributed by atoms with Crippen molar-refractivity contribution in [3.63, 3.8) is 0 Å². The number of hydrogen-bond donors (Lipinski definition) is 1. The van der Waals surface area contributed by atoms with Gasteiger partial charge in [0, 0.05) is 42.0 Å². The van der Waals surface area contributed by atoms with Gasteiger partial charge in [-0.1, -0.05) is 0 Å². The van der Waals surface area contributed by atoms with Gasteiger partial charge in [0.15, 0.2) is 0 Å². The van der Waals surface area contributed by atoms with Crippen molar-refractivity contribution in [1.29, 1.82) is 0 Å². The normalized spacial score (nSPS) is 21.6. The summed E-state index contributed by atoms with van der Waals surface area (Å²) in [4.78, 5) is 7.95. The number of H-pyrrole nitrogens is 1. The highest BCUT2D eigenvalue weighted by Gasteiger charge is 2.24. The van der Waals surface area contributed by atoms with Crippen LogP contribution < -0.4 is 0 Å². The highest BCUT2D eigenvalue weighted by Crippen LogP contribution is 2.26. The average molecular weight is 234 g/mol. The van der Waals surface area contributed by atoms with Gasteiger partial charge in [0.05, 0.1) is 5.51 Å². The lowest BCUT2D eigenvalue weighted by Gasteiger charge is -2.13. The van der Waals surface area contributed by atoms with E-state index in [1.165, 1.54) is 23.5 Å². The molecule has 4 nitrogen and oxygen atoms in total. The summed E-state index contributed by atoms with van der Waals surface area (Å²) in [7, 11) is 0. The first-order chi connectivity index (χ1) is 7.92. The van der Waals surface area contributed by atoms with E-state index >= 15 is 0 Å².